The van der Waals surface area contributed by atoms with Gasteiger partial charge in [0.25, 0.3) is 0 Å². The summed E-state index contributed by atoms with van der Waals surface area (Å²) >= 11 is 0. The highest BCUT2D eigenvalue weighted by molar-refractivity contribution is 5.79. The molecule has 0 unspecified atom stereocenters. The van der Waals surface area contributed by atoms with Gasteiger partial charge in [-0.1, -0.05) is 48.5 Å². The topological polar surface area (TPSA) is 52.7 Å². The average Bonchev–Trinajstić information content (AvgIpc) is 3.50. The Morgan fingerprint density at radius 3 is 2.39 bits per heavy atom. The molecule has 0 N–H and O–H groups in total. The molecule has 0 spiro atoms. The van der Waals surface area contributed by atoms with Crippen LogP contribution in [0.2, 0.25) is 0 Å². The predicted octanol–water partition coefficient (Wildman–Crippen LogP) is 5.95. The molecule has 0 bridgehead atoms. The summed E-state index contributed by atoms with van der Waals surface area (Å²) in [6.07, 6.45) is 2.16. The van der Waals surface area contributed by atoms with Crippen molar-refractivity contribution < 1.29 is 18.0 Å². The van der Waals surface area contributed by atoms with E-state index in [4.69, 9.17) is 0 Å². The van der Waals surface area contributed by atoms with Crippen molar-refractivity contribution in [1.82, 2.24) is 19.3 Å². The Balaban J connectivity index is 1.43. The van der Waals surface area contributed by atoms with Gasteiger partial charge in [-0.15, -0.1) is 0 Å². The Morgan fingerprint density at radius 1 is 0.972 bits per heavy atom. The lowest BCUT2D eigenvalue weighted by Crippen LogP contribution is -2.20. The van der Waals surface area contributed by atoms with E-state index in [1.54, 1.807) is 6.20 Å². The molecule has 0 radical (unpaired) electrons. The largest absolute Gasteiger partial charge is 0.435 e. The maximum atomic E-state index is 13.6. The molecule has 0 saturated carbocycles. The van der Waals surface area contributed by atoms with E-state index in [9.17, 15) is 18.0 Å². The third kappa shape index (κ3) is 5.12. The van der Waals surface area contributed by atoms with Crippen molar-refractivity contribution >= 4 is 5.78 Å². The van der Waals surface area contributed by atoms with Crippen molar-refractivity contribution in [3.63, 3.8) is 0 Å². The molecule has 1 atom stereocenters. The van der Waals surface area contributed by atoms with Crippen LogP contribution in [0.15, 0.2) is 73.1 Å². The summed E-state index contributed by atoms with van der Waals surface area (Å²) in [6, 6.07) is 19.6. The number of hydrogen-bond donors (Lipinski definition) is 0. The van der Waals surface area contributed by atoms with Gasteiger partial charge in [0.15, 0.2) is 11.5 Å². The Labute approximate surface area is 207 Å². The summed E-state index contributed by atoms with van der Waals surface area (Å²) in [7, 11) is 0. The number of carbonyl (C=O) groups excluding carboxylic acids is 1. The van der Waals surface area contributed by atoms with Crippen molar-refractivity contribution in [3.05, 3.63) is 101 Å². The zero-order valence-electron chi connectivity index (χ0n) is 19.8. The molecule has 2 heterocycles. The molecule has 36 heavy (non-hydrogen) atoms. The van der Waals surface area contributed by atoms with Gasteiger partial charge in [-0.05, 0) is 49.8 Å². The van der Waals surface area contributed by atoms with Crippen LogP contribution < -0.4 is 0 Å². The van der Waals surface area contributed by atoms with Crippen LogP contribution in [0.25, 0.3) is 5.69 Å². The quantitative estimate of drug-likeness (QED) is 0.305. The van der Waals surface area contributed by atoms with Crippen LogP contribution in [-0.2, 0) is 36.8 Å². The number of fused-ring (bicyclic) bond motifs is 1. The fourth-order valence-electron chi connectivity index (χ4n) is 5.11. The lowest BCUT2D eigenvalue weighted by Gasteiger charge is -2.19. The third-order valence-electron chi connectivity index (χ3n) is 6.72. The van der Waals surface area contributed by atoms with Crippen LogP contribution in [0.4, 0.5) is 13.2 Å². The molecular formula is C28H27F3N4O. The average molecular weight is 493 g/mol. The molecule has 4 aromatic rings. The Morgan fingerprint density at radius 2 is 1.67 bits per heavy atom. The van der Waals surface area contributed by atoms with Gasteiger partial charge in [-0.3, -0.25) is 9.48 Å². The molecule has 0 saturated heterocycles. The Hall–Kier alpha value is -3.68. The highest BCUT2D eigenvalue weighted by atomic mass is 19.4. The summed E-state index contributed by atoms with van der Waals surface area (Å²) in [5.41, 5.74) is 1.96. The molecule has 1 aliphatic rings. The minimum Gasteiger partial charge on any atom is -0.304 e. The number of para-hydroxylation sites is 1. The normalized spacial score (nSPS) is 14.4. The summed E-state index contributed by atoms with van der Waals surface area (Å²) in [4.78, 5) is 17.9. The molecule has 1 aliphatic carbocycles. The van der Waals surface area contributed by atoms with E-state index in [0.717, 1.165) is 23.5 Å². The lowest BCUT2D eigenvalue weighted by molar-refractivity contribution is -0.142. The minimum absolute atomic E-state index is 0.148. The van der Waals surface area contributed by atoms with Crippen molar-refractivity contribution in [3.8, 4) is 5.69 Å². The highest BCUT2D eigenvalue weighted by Crippen LogP contribution is 2.36. The van der Waals surface area contributed by atoms with E-state index in [1.807, 2.05) is 71.4 Å². The van der Waals surface area contributed by atoms with Gasteiger partial charge in [-0.2, -0.15) is 18.3 Å². The first-order chi connectivity index (χ1) is 17.4. The fraction of sp³-hybridized carbons (Fsp3) is 0.321. The van der Waals surface area contributed by atoms with Crippen LogP contribution in [-0.4, -0.2) is 25.1 Å². The van der Waals surface area contributed by atoms with Crippen LogP contribution in [0.1, 0.15) is 53.5 Å². The second-order valence-electron chi connectivity index (χ2n) is 9.26. The number of alkyl halides is 3. The predicted molar refractivity (Wildman–Crippen MR) is 130 cm³/mol. The number of halogens is 3. The first kappa shape index (κ1) is 24.0. The standard InChI is InChI=1S/C28H27F3N4O/c29-28(30,31)26-24-13-7-8-14-25(24)35(33-26)19-23(36)18-21(17-20-9-3-1-4-10-20)27-32-15-16-34(27)22-11-5-2-6-12-22/h1-6,9-12,15-16,21H,7-8,13-14,17-19H2/t21-/m1/s1. The SMILES string of the molecule is O=C(C[C@@H](Cc1ccccc1)c1nccn1-c1ccccc1)Cn1nc(C(F)(F)F)c2c1CCCC2. The van der Waals surface area contributed by atoms with Crippen molar-refractivity contribution in [1.29, 1.82) is 0 Å². The van der Waals surface area contributed by atoms with Gasteiger partial charge < -0.3 is 4.57 Å². The van der Waals surface area contributed by atoms with Crippen LogP contribution in [0, 0.1) is 0 Å². The zero-order chi connectivity index (χ0) is 25.1. The number of ketones is 1. The fourth-order valence-corrected chi connectivity index (χ4v) is 5.11. The summed E-state index contributed by atoms with van der Waals surface area (Å²) in [6.45, 7) is -0.171. The van der Waals surface area contributed by atoms with Crippen molar-refractivity contribution in [2.24, 2.45) is 0 Å². The lowest BCUT2D eigenvalue weighted by atomic mass is 9.93. The summed E-state index contributed by atoms with van der Waals surface area (Å²) in [5.74, 6) is 0.337. The second kappa shape index (κ2) is 10.1. The van der Waals surface area contributed by atoms with Crippen LogP contribution >= 0.6 is 0 Å². The van der Waals surface area contributed by atoms with Gasteiger partial charge >= 0.3 is 6.18 Å². The van der Waals surface area contributed by atoms with E-state index >= 15 is 0 Å². The van der Waals surface area contributed by atoms with E-state index < -0.39 is 11.9 Å². The highest BCUT2D eigenvalue weighted by Gasteiger charge is 2.39. The van der Waals surface area contributed by atoms with Crippen molar-refractivity contribution in [2.75, 3.05) is 0 Å². The second-order valence-corrected chi connectivity index (χ2v) is 9.26. The molecule has 186 valence electrons. The molecule has 5 rings (SSSR count). The molecular weight excluding hydrogens is 465 g/mol. The zero-order valence-corrected chi connectivity index (χ0v) is 19.8. The number of nitrogens with zero attached hydrogens (tertiary/aromatic N) is 4. The molecule has 0 aliphatic heterocycles. The number of benzene rings is 2. The van der Waals surface area contributed by atoms with Gasteiger partial charge in [0.05, 0.1) is 6.54 Å². The molecule has 2 aromatic carbocycles. The van der Waals surface area contributed by atoms with Gasteiger partial charge in [0.1, 0.15) is 5.82 Å². The van der Waals surface area contributed by atoms with E-state index in [2.05, 4.69) is 10.1 Å². The van der Waals surface area contributed by atoms with Gasteiger partial charge in [0.2, 0.25) is 0 Å². The van der Waals surface area contributed by atoms with E-state index in [0.29, 0.717) is 31.4 Å². The number of rotatable bonds is 8. The van der Waals surface area contributed by atoms with Crippen LogP contribution in [0.5, 0.6) is 0 Å². The van der Waals surface area contributed by atoms with Gasteiger partial charge in [-0.25, -0.2) is 4.98 Å². The van der Waals surface area contributed by atoms with E-state index in [1.165, 1.54) is 4.68 Å². The van der Waals surface area contributed by atoms with Crippen molar-refractivity contribution in [2.45, 2.75) is 57.2 Å². The first-order valence-corrected chi connectivity index (χ1v) is 12.2. The molecule has 0 amide bonds. The number of hydrogen-bond acceptors (Lipinski definition) is 3. The van der Waals surface area contributed by atoms with Gasteiger partial charge in [0, 0.05) is 41.7 Å². The third-order valence-corrected chi connectivity index (χ3v) is 6.72. The smallest absolute Gasteiger partial charge is 0.304 e. The molecule has 2 aromatic heterocycles. The number of Topliss-reactive ketones (excluding diaryl/α,β-unsaturated/α-hetero) is 1. The maximum absolute atomic E-state index is 13.6. The Kier molecular flexibility index (Phi) is 6.76. The van der Waals surface area contributed by atoms with Crippen LogP contribution in [0.3, 0.4) is 0 Å². The van der Waals surface area contributed by atoms with E-state index in [-0.39, 0.29) is 30.2 Å². The summed E-state index contributed by atoms with van der Waals surface area (Å²) in [5, 5.41) is 3.87. The first-order valence-electron chi connectivity index (χ1n) is 12.2. The monoisotopic (exact) mass is 492 g/mol. The maximum Gasteiger partial charge on any atom is 0.435 e. The minimum atomic E-state index is -4.52. The number of carbonyl (C=O) groups is 1. The summed E-state index contributed by atoms with van der Waals surface area (Å²) < 4.78 is 44.1. The number of aromatic nitrogens is 4. The number of imidazole rings is 1. The molecule has 5 nitrogen and oxygen atoms in total. The Bertz CT molecular complexity index is 1330. The molecule has 8 heteroatoms. The molecule has 0 fully saturated rings.